The van der Waals surface area contributed by atoms with E-state index in [1.54, 1.807) is 10.9 Å². The molecule has 0 bridgehead atoms. The summed E-state index contributed by atoms with van der Waals surface area (Å²) in [6.45, 7) is 3.95. The monoisotopic (exact) mass is 300 g/mol. The van der Waals surface area contributed by atoms with E-state index >= 15 is 0 Å². The summed E-state index contributed by atoms with van der Waals surface area (Å²) in [6, 6.07) is 3.65. The van der Waals surface area contributed by atoms with Crippen LogP contribution in [0.25, 0.3) is 11.3 Å². The summed E-state index contributed by atoms with van der Waals surface area (Å²) in [5.74, 6) is -1.20. The predicted molar refractivity (Wildman–Crippen MR) is 65.7 cm³/mol. The van der Waals surface area contributed by atoms with Gasteiger partial charge in [0.25, 0.3) is 0 Å². The molecular weight excluding hydrogens is 290 g/mol. The molecule has 0 radical (unpaired) electrons. The Morgan fingerprint density at radius 3 is 2.53 bits per heavy atom. The zero-order chi connectivity index (χ0) is 12.6. The molecule has 1 aromatic carbocycles. The molecule has 0 N–H and O–H groups in total. The summed E-state index contributed by atoms with van der Waals surface area (Å²) in [6.07, 6.45) is 1.78. The number of rotatable bonds is 2. The van der Waals surface area contributed by atoms with Crippen LogP contribution >= 0.6 is 15.9 Å². The topological polar surface area (TPSA) is 17.8 Å². The third-order valence-electron chi connectivity index (χ3n) is 2.40. The maximum absolute atomic E-state index is 13.6. The van der Waals surface area contributed by atoms with E-state index < -0.39 is 11.6 Å². The van der Waals surface area contributed by atoms with Crippen molar-refractivity contribution >= 4 is 15.9 Å². The fourth-order valence-electron chi connectivity index (χ4n) is 1.50. The van der Waals surface area contributed by atoms with Gasteiger partial charge in [-0.1, -0.05) is 0 Å². The van der Waals surface area contributed by atoms with Gasteiger partial charge < -0.3 is 0 Å². The first-order valence-electron chi connectivity index (χ1n) is 5.19. The Morgan fingerprint density at radius 2 is 2.00 bits per heavy atom. The summed E-state index contributed by atoms with van der Waals surface area (Å²) in [7, 11) is 0. The van der Waals surface area contributed by atoms with Crippen LogP contribution in [-0.4, -0.2) is 9.78 Å². The summed E-state index contributed by atoms with van der Waals surface area (Å²) >= 11 is 3.33. The van der Waals surface area contributed by atoms with Gasteiger partial charge in [-0.3, -0.25) is 4.68 Å². The largest absolute Gasteiger partial charge is 0.268 e. The average Bonchev–Trinajstić information content (AvgIpc) is 2.61. The van der Waals surface area contributed by atoms with Gasteiger partial charge in [0, 0.05) is 23.9 Å². The van der Waals surface area contributed by atoms with Crippen molar-refractivity contribution in [2.75, 3.05) is 0 Å². The fraction of sp³-hybridized carbons (Fsp3) is 0.250. The maximum Gasteiger partial charge on any atom is 0.135 e. The molecule has 90 valence electrons. The van der Waals surface area contributed by atoms with Gasteiger partial charge >= 0.3 is 0 Å². The van der Waals surface area contributed by atoms with Crippen LogP contribution in [0.1, 0.15) is 19.9 Å². The molecule has 2 rings (SSSR count). The molecule has 0 amide bonds. The summed E-state index contributed by atoms with van der Waals surface area (Å²) in [4.78, 5) is 0. The molecule has 2 nitrogen and oxygen atoms in total. The number of benzene rings is 1. The van der Waals surface area contributed by atoms with Crippen LogP contribution in [0.4, 0.5) is 8.78 Å². The highest BCUT2D eigenvalue weighted by atomic mass is 79.9. The quantitative estimate of drug-likeness (QED) is 0.814. The number of halogens is 3. The smallest absolute Gasteiger partial charge is 0.135 e. The molecule has 0 saturated carbocycles. The minimum atomic E-state index is -0.611. The van der Waals surface area contributed by atoms with Gasteiger partial charge in [-0.05, 0) is 41.9 Å². The van der Waals surface area contributed by atoms with Crippen LogP contribution < -0.4 is 0 Å². The van der Waals surface area contributed by atoms with Crippen molar-refractivity contribution in [1.29, 1.82) is 0 Å². The van der Waals surface area contributed by atoms with E-state index in [0.717, 1.165) is 6.07 Å². The molecule has 0 fully saturated rings. The Bertz CT molecular complexity index is 549. The molecule has 0 atom stereocenters. The number of nitrogens with zero attached hydrogens (tertiary/aromatic N) is 2. The third-order valence-corrected chi connectivity index (χ3v) is 2.98. The van der Waals surface area contributed by atoms with Gasteiger partial charge in [-0.25, -0.2) is 8.78 Å². The van der Waals surface area contributed by atoms with Gasteiger partial charge in [0.15, 0.2) is 0 Å². The van der Waals surface area contributed by atoms with Crippen LogP contribution in [0, 0.1) is 11.6 Å². The number of hydrogen-bond acceptors (Lipinski definition) is 1. The van der Waals surface area contributed by atoms with E-state index in [0.29, 0.717) is 10.2 Å². The summed E-state index contributed by atoms with van der Waals surface area (Å²) in [5, 5.41) is 4.28. The number of aromatic nitrogens is 2. The van der Waals surface area contributed by atoms with E-state index in [2.05, 4.69) is 21.0 Å². The first-order chi connectivity index (χ1) is 7.99. The van der Waals surface area contributed by atoms with Gasteiger partial charge in [0.1, 0.15) is 17.3 Å². The first kappa shape index (κ1) is 12.2. The lowest BCUT2D eigenvalue weighted by Gasteiger charge is -2.04. The highest BCUT2D eigenvalue weighted by Crippen LogP contribution is 2.29. The van der Waals surface area contributed by atoms with Crippen molar-refractivity contribution in [3.63, 3.8) is 0 Å². The molecule has 0 saturated heterocycles. The summed E-state index contributed by atoms with van der Waals surface area (Å²) < 4.78 is 28.9. The third kappa shape index (κ3) is 2.39. The number of hydrogen-bond donors (Lipinski definition) is 0. The SMILES string of the molecule is CC(C)n1cc(Br)c(-c2ccc(F)cc2F)n1. The lowest BCUT2D eigenvalue weighted by molar-refractivity contribution is 0.532. The molecule has 0 aliphatic carbocycles. The van der Waals surface area contributed by atoms with Gasteiger partial charge in [-0.2, -0.15) is 5.10 Å². The van der Waals surface area contributed by atoms with E-state index in [4.69, 9.17) is 0 Å². The van der Waals surface area contributed by atoms with Crippen LogP contribution in [0.2, 0.25) is 0 Å². The van der Waals surface area contributed by atoms with Crippen molar-refractivity contribution in [2.45, 2.75) is 19.9 Å². The van der Waals surface area contributed by atoms with Crippen LogP contribution in [0.15, 0.2) is 28.9 Å². The van der Waals surface area contributed by atoms with E-state index in [1.807, 2.05) is 13.8 Å². The van der Waals surface area contributed by atoms with Crippen LogP contribution in [0.3, 0.4) is 0 Å². The minimum absolute atomic E-state index is 0.184. The van der Waals surface area contributed by atoms with E-state index in [1.165, 1.54) is 12.1 Å². The first-order valence-corrected chi connectivity index (χ1v) is 5.98. The normalized spacial score (nSPS) is 11.2. The van der Waals surface area contributed by atoms with E-state index in [9.17, 15) is 8.78 Å². The predicted octanol–water partition coefficient (Wildman–Crippen LogP) is 4.17. The zero-order valence-corrected chi connectivity index (χ0v) is 11.0. The highest BCUT2D eigenvalue weighted by Gasteiger charge is 2.14. The lowest BCUT2D eigenvalue weighted by Crippen LogP contribution is -2.01. The second-order valence-corrected chi connectivity index (χ2v) is 4.88. The van der Waals surface area contributed by atoms with Gasteiger partial charge in [0.2, 0.25) is 0 Å². The molecule has 2 aromatic rings. The van der Waals surface area contributed by atoms with Gasteiger partial charge in [0.05, 0.1) is 4.47 Å². The Balaban J connectivity index is 2.52. The van der Waals surface area contributed by atoms with Crippen molar-refractivity contribution in [3.05, 3.63) is 40.5 Å². The molecule has 0 aliphatic heterocycles. The molecule has 17 heavy (non-hydrogen) atoms. The molecular formula is C12H11BrF2N2. The Morgan fingerprint density at radius 1 is 1.29 bits per heavy atom. The van der Waals surface area contributed by atoms with Crippen LogP contribution in [0.5, 0.6) is 0 Å². The molecule has 1 aromatic heterocycles. The van der Waals surface area contributed by atoms with Crippen molar-refractivity contribution in [3.8, 4) is 11.3 Å². The van der Waals surface area contributed by atoms with Crippen LogP contribution in [-0.2, 0) is 0 Å². The zero-order valence-electron chi connectivity index (χ0n) is 9.42. The van der Waals surface area contributed by atoms with Gasteiger partial charge in [-0.15, -0.1) is 0 Å². The minimum Gasteiger partial charge on any atom is -0.268 e. The fourth-order valence-corrected chi connectivity index (χ4v) is 2.00. The lowest BCUT2D eigenvalue weighted by atomic mass is 10.1. The molecule has 5 heteroatoms. The van der Waals surface area contributed by atoms with Crippen molar-refractivity contribution < 1.29 is 8.78 Å². The second kappa shape index (κ2) is 4.56. The average molecular weight is 301 g/mol. The Kier molecular flexibility index (Phi) is 3.28. The van der Waals surface area contributed by atoms with Crippen molar-refractivity contribution in [1.82, 2.24) is 9.78 Å². The molecule has 1 heterocycles. The van der Waals surface area contributed by atoms with E-state index in [-0.39, 0.29) is 11.6 Å². The molecule has 0 unspecified atom stereocenters. The molecule has 0 spiro atoms. The summed E-state index contributed by atoms with van der Waals surface area (Å²) in [5.41, 5.74) is 0.772. The highest BCUT2D eigenvalue weighted by molar-refractivity contribution is 9.10. The Hall–Kier alpha value is -1.23. The second-order valence-electron chi connectivity index (χ2n) is 4.02. The standard InChI is InChI=1S/C12H11BrF2N2/c1-7(2)17-6-10(13)12(16-17)9-4-3-8(14)5-11(9)15/h3-7H,1-2H3. The maximum atomic E-state index is 13.6. The van der Waals surface area contributed by atoms with Crippen molar-refractivity contribution in [2.24, 2.45) is 0 Å². The Labute approximate surface area is 106 Å². The molecule has 0 aliphatic rings.